The van der Waals surface area contributed by atoms with Crippen LogP contribution in [0.4, 0.5) is 8.78 Å². The van der Waals surface area contributed by atoms with Crippen molar-refractivity contribution >= 4 is 5.91 Å². The second-order valence-corrected chi connectivity index (χ2v) is 8.96. The first-order valence-electron chi connectivity index (χ1n) is 11.4. The molecule has 3 aromatic carbocycles. The zero-order valence-corrected chi connectivity index (χ0v) is 18.9. The van der Waals surface area contributed by atoms with E-state index in [0.29, 0.717) is 35.0 Å². The van der Waals surface area contributed by atoms with Crippen LogP contribution >= 0.6 is 0 Å². The first-order valence-corrected chi connectivity index (χ1v) is 11.4. The molecule has 3 aromatic rings. The second-order valence-electron chi connectivity index (χ2n) is 8.96. The Bertz CT molecular complexity index is 1280. The SMILES string of the molecule is COc1ccc2c(c1)OC(c1ccccc1)CC2NC(=O)C1C(c2ccc3c(c2)OCO3)C1(F)F. The summed E-state index contributed by atoms with van der Waals surface area (Å²) in [7, 11) is 1.56. The van der Waals surface area contributed by atoms with E-state index in [1.54, 1.807) is 37.4 Å². The summed E-state index contributed by atoms with van der Waals surface area (Å²) in [6, 6.07) is 19.2. The predicted molar refractivity (Wildman–Crippen MR) is 122 cm³/mol. The highest BCUT2D eigenvalue weighted by molar-refractivity contribution is 5.86. The smallest absolute Gasteiger partial charge is 0.268 e. The first-order chi connectivity index (χ1) is 17.0. The molecule has 1 amide bonds. The molecule has 8 heteroatoms. The number of benzene rings is 3. The van der Waals surface area contributed by atoms with Gasteiger partial charge in [0.15, 0.2) is 11.5 Å². The molecule has 4 unspecified atom stereocenters. The van der Waals surface area contributed by atoms with Gasteiger partial charge >= 0.3 is 0 Å². The highest BCUT2D eigenvalue weighted by Gasteiger charge is 2.72. The summed E-state index contributed by atoms with van der Waals surface area (Å²) in [6.07, 6.45) is 0.0766. The van der Waals surface area contributed by atoms with Gasteiger partial charge in [-0.3, -0.25) is 4.79 Å². The third-order valence-electron chi connectivity index (χ3n) is 6.89. The van der Waals surface area contributed by atoms with Gasteiger partial charge in [-0.2, -0.15) is 0 Å². The Morgan fingerprint density at radius 2 is 1.77 bits per heavy atom. The van der Waals surface area contributed by atoms with E-state index < -0.39 is 29.7 Å². The van der Waals surface area contributed by atoms with Crippen LogP contribution in [0.25, 0.3) is 0 Å². The lowest BCUT2D eigenvalue weighted by Gasteiger charge is -2.33. The molecular formula is C27H23F2NO5. The molecule has 2 aliphatic heterocycles. The Balaban J connectivity index is 1.26. The lowest BCUT2D eigenvalue weighted by Crippen LogP contribution is -2.35. The molecule has 3 aliphatic rings. The van der Waals surface area contributed by atoms with E-state index >= 15 is 0 Å². The van der Waals surface area contributed by atoms with Gasteiger partial charge in [0.05, 0.1) is 19.1 Å². The summed E-state index contributed by atoms with van der Waals surface area (Å²) in [4.78, 5) is 13.2. The Morgan fingerprint density at radius 3 is 2.57 bits per heavy atom. The standard InChI is InChI=1S/C27H23F2NO5/c1-32-17-8-9-18-19(13-21(35-22(18)12-17)15-5-3-2-4-6-15)30-26(31)25-24(27(25,28)29)16-7-10-20-23(11-16)34-14-33-20/h2-12,19,21,24-25H,13-14H2,1H3,(H,30,31). The average Bonchev–Trinajstić information content (AvgIpc) is 3.20. The summed E-state index contributed by atoms with van der Waals surface area (Å²) in [6.45, 7) is 0.0558. The van der Waals surface area contributed by atoms with Gasteiger partial charge in [0.25, 0.3) is 5.92 Å². The molecule has 2 heterocycles. The maximum absolute atomic E-state index is 14.9. The fourth-order valence-electron chi connectivity index (χ4n) is 5.02. The second kappa shape index (κ2) is 8.15. The third-order valence-corrected chi connectivity index (χ3v) is 6.89. The van der Waals surface area contributed by atoms with Crippen LogP contribution in [0.5, 0.6) is 23.0 Å². The van der Waals surface area contributed by atoms with Crippen molar-refractivity contribution in [2.24, 2.45) is 5.92 Å². The molecule has 6 rings (SSSR count). The molecule has 0 saturated heterocycles. The van der Waals surface area contributed by atoms with Gasteiger partial charge in [0.1, 0.15) is 23.5 Å². The van der Waals surface area contributed by atoms with Crippen molar-refractivity contribution in [3.05, 3.63) is 83.4 Å². The quantitative estimate of drug-likeness (QED) is 0.548. The lowest BCUT2D eigenvalue weighted by atomic mass is 9.92. The molecule has 0 spiro atoms. The number of amides is 1. The molecule has 0 radical (unpaired) electrons. The Morgan fingerprint density at radius 1 is 0.971 bits per heavy atom. The topological polar surface area (TPSA) is 66.0 Å². The van der Waals surface area contributed by atoms with Gasteiger partial charge in [0, 0.05) is 18.1 Å². The molecule has 1 N–H and O–H groups in total. The highest BCUT2D eigenvalue weighted by atomic mass is 19.3. The number of fused-ring (bicyclic) bond motifs is 2. The number of rotatable bonds is 5. The maximum atomic E-state index is 14.9. The average molecular weight is 479 g/mol. The molecule has 180 valence electrons. The van der Waals surface area contributed by atoms with Gasteiger partial charge < -0.3 is 24.3 Å². The first kappa shape index (κ1) is 21.7. The van der Waals surface area contributed by atoms with Crippen LogP contribution in [0.2, 0.25) is 0 Å². The van der Waals surface area contributed by atoms with Crippen molar-refractivity contribution in [1.82, 2.24) is 5.32 Å². The molecule has 1 saturated carbocycles. The Hall–Kier alpha value is -3.81. The number of hydrogen-bond acceptors (Lipinski definition) is 5. The van der Waals surface area contributed by atoms with Crippen molar-refractivity contribution in [1.29, 1.82) is 0 Å². The summed E-state index contributed by atoms with van der Waals surface area (Å²) >= 11 is 0. The van der Waals surface area contributed by atoms with Crippen LogP contribution in [0.1, 0.15) is 41.2 Å². The van der Waals surface area contributed by atoms with E-state index in [9.17, 15) is 13.6 Å². The zero-order chi connectivity index (χ0) is 24.2. The van der Waals surface area contributed by atoms with Crippen LogP contribution in [0.3, 0.4) is 0 Å². The number of ether oxygens (including phenoxy) is 4. The van der Waals surface area contributed by atoms with Gasteiger partial charge in [-0.1, -0.05) is 36.4 Å². The summed E-state index contributed by atoms with van der Waals surface area (Å²) in [5.74, 6) is -4.39. The molecular weight excluding hydrogens is 456 g/mol. The third kappa shape index (κ3) is 3.73. The lowest BCUT2D eigenvalue weighted by molar-refractivity contribution is -0.125. The number of nitrogens with one attached hydrogen (secondary N) is 1. The normalized spacial score (nSPS) is 25.2. The van der Waals surface area contributed by atoms with E-state index in [-0.39, 0.29) is 12.9 Å². The molecule has 6 nitrogen and oxygen atoms in total. The van der Waals surface area contributed by atoms with Crippen LogP contribution in [-0.4, -0.2) is 25.7 Å². The number of hydrogen-bond donors (Lipinski definition) is 1. The van der Waals surface area contributed by atoms with Crippen LogP contribution < -0.4 is 24.3 Å². The van der Waals surface area contributed by atoms with Gasteiger partial charge in [-0.25, -0.2) is 8.78 Å². The molecule has 35 heavy (non-hydrogen) atoms. The number of methoxy groups -OCH3 is 1. The summed E-state index contributed by atoms with van der Waals surface area (Å²) in [5, 5.41) is 2.89. The van der Waals surface area contributed by atoms with Crippen molar-refractivity contribution in [3.63, 3.8) is 0 Å². The molecule has 1 aliphatic carbocycles. The zero-order valence-electron chi connectivity index (χ0n) is 18.9. The molecule has 1 fully saturated rings. The molecule has 4 atom stereocenters. The van der Waals surface area contributed by atoms with Crippen molar-refractivity contribution in [3.8, 4) is 23.0 Å². The minimum Gasteiger partial charge on any atom is -0.497 e. The van der Waals surface area contributed by atoms with Gasteiger partial charge in [-0.05, 0) is 35.4 Å². The van der Waals surface area contributed by atoms with Gasteiger partial charge in [0.2, 0.25) is 12.7 Å². The largest absolute Gasteiger partial charge is 0.497 e. The number of carbonyl (C=O) groups excluding carboxylic acids is 1. The maximum Gasteiger partial charge on any atom is 0.268 e. The van der Waals surface area contributed by atoms with Crippen molar-refractivity contribution in [2.75, 3.05) is 13.9 Å². The highest BCUT2D eigenvalue weighted by Crippen LogP contribution is 2.62. The monoisotopic (exact) mass is 479 g/mol. The minimum absolute atomic E-state index is 0.0558. The van der Waals surface area contributed by atoms with E-state index in [1.165, 1.54) is 6.07 Å². The molecule has 0 bridgehead atoms. The number of halogens is 2. The fraction of sp³-hybridized carbons (Fsp3) is 0.296. The number of carbonyl (C=O) groups is 1. The summed E-state index contributed by atoms with van der Waals surface area (Å²) in [5.41, 5.74) is 2.03. The fourth-order valence-corrected chi connectivity index (χ4v) is 5.02. The van der Waals surface area contributed by atoms with Gasteiger partial charge in [-0.15, -0.1) is 0 Å². The predicted octanol–water partition coefficient (Wildman–Crippen LogP) is 5.15. The molecule has 0 aromatic heterocycles. The van der Waals surface area contributed by atoms with E-state index in [0.717, 1.165) is 11.1 Å². The van der Waals surface area contributed by atoms with Crippen LogP contribution in [-0.2, 0) is 4.79 Å². The van der Waals surface area contributed by atoms with Crippen LogP contribution in [0, 0.1) is 5.92 Å². The Labute approximate surface area is 200 Å². The van der Waals surface area contributed by atoms with E-state index in [2.05, 4.69) is 5.32 Å². The van der Waals surface area contributed by atoms with Crippen molar-refractivity contribution < 1.29 is 32.5 Å². The summed E-state index contributed by atoms with van der Waals surface area (Å²) < 4.78 is 51.9. The van der Waals surface area contributed by atoms with Crippen LogP contribution in [0.15, 0.2) is 66.7 Å². The van der Waals surface area contributed by atoms with E-state index in [4.69, 9.17) is 18.9 Å². The van der Waals surface area contributed by atoms with E-state index in [1.807, 2.05) is 30.3 Å². The Kier molecular flexibility index (Phi) is 5.05. The minimum atomic E-state index is -3.15. The van der Waals surface area contributed by atoms with Crippen molar-refractivity contribution in [2.45, 2.75) is 30.4 Å². The number of alkyl halides is 2.